The van der Waals surface area contributed by atoms with Crippen LogP contribution in [0.3, 0.4) is 0 Å². The average Bonchev–Trinajstić information content (AvgIpc) is 2.88. The lowest BCUT2D eigenvalue weighted by molar-refractivity contribution is -0.182. The van der Waals surface area contributed by atoms with Gasteiger partial charge < -0.3 is 13.9 Å². The molecule has 0 aromatic carbocycles. The largest absolute Gasteiger partial charge is 0.413 e. The molecule has 3 rings (SSSR count). The number of hydrogen-bond donors (Lipinski definition) is 0. The predicted molar refractivity (Wildman–Crippen MR) is 96.0 cm³/mol. The lowest BCUT2D eigenvalue weighted by Crippen LogP contribution is -2.53. The van der Waals surface area contributed by atoms with E-state index in [1.54, 1.807) is 0 Å². The summed E-state index contributed by atoms with van der Waals surface area (Å²) in [5.41, 5.74) is 1.68. The standard InChI is InChI=1S/C19H34O3Si/c1-17(2,3)23(5,6)22-16-9-7-8-15-14-19(20-12-13-21-19)11-10-18(15,16)4/h8,16H,7,9-14H2,1-6H3/t16-,18-/m0/s1. The number of rotatable bonds is 2. The molecule has 23 heavy (non-hydrogen) atoms. The first kappa shape index (κ1) is 17.7. The van der Waals surface area contributed by atoms with Gasteiger partial charge in [0.05, 0.1) is 19.3 Å². The van der Waals surface area contributed by atoms with Crippen LogP contribution in [0.2, 0.25) is 18.1 Å². The van der Waals surface area contributed by atoms with Gasteiger partial charge in [0.1, 0.15) is 0 Å². The molecule has 0 N–H and O–H groups in total. The van der Waals surface area contributed by atoms with E-state index >= 15 is 0 Å². The van der Waals surface area contributed by atoms with Gasteiger partial charge in [0.25, 0.3) is 0 Å². The van der Waals surface area contributed by atoms with Crippen LogP contribution in [0.15, 0.2) is 11.6 Å². The third kappa shape index (κ3) is 3.08. The van der Waals surface area contributed by atoms with E-state index in [1.165, 1.54) is 5.57 Å². The Hall–Kier alpha value is -0.163. The maximum atomic E-state index is 6.88. The number of allylic oxidation sites excluding steroid dienone is 1. The summed E-state index contributed by atoms with van der Waals surface area (Å²) in [6, 6.07) is 0. The molecule has 1 heterocycles. The second kappa shape index (κ2) is 5.69. The van der Waals surface area contributed by atoms with Crippen molar-refractivity contribution < 1.29 is 13.9 Å². The Morgan fingerprint density at radius 2 is 1.83 bits per heavy atom. The molecule has 1 aliphatic heterocycles. The van der Waals surface area contributed by atoms with E-state index in [4.69, 9.17) is 13.9 Å². The van der Waals surface area contributed by atoms with Crippen molar-refractivity contribution in [3.63, 3.8) is 0 Å². The van der Waals surface area contributed by atoms with Gasteiger partial charge in [0.2, 0.25) is 0 Å². The van der Waals surface area contributed by atoms with Crippen molar-refractivity contribution in [3.05, 3.63) is 11.6 Å². The van der Waals surface area contributed by atoms with Gasteiger partial charge in [-0.25, -0.2) is 0 Å². The molecule has 132 valence electrons. The normalized spacial score (nSPS) is 34.3. The zero-order valence-corrected chi connectivity index (χ0v) is 16.8. The predicted octanol–water partition coefficient (Wildman–Crippen LogP) is 5.03. The Labute approximate surface area is 142 Å². The van der Waals surface area contributed by atoms with Crippen LogP contribution < -0.4 is 0 Å². The van der Waals surface area contributed by atoms with Gasteiger partial charge in [-0.3, -0.25) is 0 Å². The number of fused-ring (bicyclic) bond motifs is 1. The van der Waals surface area contributed by atoms with Gasteiger partial charge in [0.15, 0.2) is 14.1 Å². The van der Waals surface area contributed by atoms with Crippen LogP contribution in [0.4, 0.5) is 0 Å². The van der Waals surface area contributed by atoms with Crippen molar-refractivity contribution in [2.24, 2.45) is 5.41 Å². The molecule has 1 saturated carbocycles. The first-order valence-corrected chi connectivity index (χ1v) is 12.1. The molecule has 0 unspecified atom stereocenters. The molecular weight excluding hydrogens is 304 g/mol. The molecule has 0 radical (unpaired) electrons. The quantitative estimate of drug-likeness (QED) is 0.522. The molecule has 2 fully saturated rings. The SMILES string of the molecule is CC(C)(C)[Si](C)(C)O[C@H]1CCC=C2CC3(CC[C@@]21C)OCCO3. The van der Waals surface area contributed by atoms with E-state index < -0.39 is 8.32 Å². The van der Waals surface area contributed by atoms with Crippen molar-refractivity contribution in [3.8, 4) is 0 Å². The van der Waals surface area contributed by atoms with E-state index in [0.29, 0.717) is 6.10 Å². The molecule has 0 aromatic rings. The summed E-state index contributed by atoms with van der Waals surface area (Å²) in [6.07, 6.45) is 8.11. The molecule has 2 atom stereocenters. The first-order chi connectivity index (χ1) is 10.6. The maximum absolute atomic E-state index is 6.88. The summed E-state index contributed by atoms with van der Waals surface area (Å²) < 4.78 is 18.8. The average molecular weight is 339 g/mol. The Morgan fingerprint density at radius 1 is 1.17 bits per heavy atom. The molecule has 1 spiro atoms. The number of hydrogen-bond acceptors (Lipinski definition) is 3. The molecule has 3 aliphatic rings. The van der Waals surface area contributed by atoms with Gasteiger partial charge in [-0.05, 0) is 37.4 Å². The van der Waals surface area contributed by atoms with E-state index in [1.807, 2.05) is 0 Å². The second-order valence-corrected chi connectivity index (χ2v) is 14.1. The van der Waals surface area contributed by atoms with Gasteiger partial charge in [-0.15, -0.1) is 0 Å². The van der Waals surface area contributed by atoms with Crippen molar-refractivity contribution in [2.75, 3.05) is 13.2 Å². The molecule has 4 heteroatoms. The minimum Gasteiger partial charge on any atom is -0.413 e. The molecule has 0 aromatic heterocycles. The van der Waals surface area contributed by atoms with E-state index in [2.05, 4.69) is 46.9 Å². The summed E-state index contributed by atoms with van der Waals surface area (Å²) >= 11 is 0. The minimum atomic E-state index is -1.75. The zero-order chi connectivity index (χ0) is 16.9. The van der Waals surface area contributed by atoms with E-state index in [-0.39, 0.29) is 16.2 Å². The second-order valence-electron chi connectivity index (χ2n) is 9.38. The highest BCUT2D eigenvalue weighted by Gasteiger charge is 2.53. The van der Waals surface area contributed by atoms with Crippen molar-refractivity contribution in [1.29, 1.82) is 0 Å². The third-order valence-electron chi connectivity index (χ3n) is 6.81. The molecule has 3 nitrogen and oxygen atoms in total. The van der Waals surface area contributed by atoms with E-state index in [9.17, 15) is 0 Å². The molecular formula is C19H34O3Si. The minimum absolute atomic E-state index is 0.161. The highest BCUT2D eigenvalue weighted by Crippen LogP contribution is 2.54. The van der Waals surface area contributed by atoms with Crippen molar-refractivity contribution >= 4 is 8.32 Å². The fourth-order valence-corrected chi connectivity index (χ4v) is 5.50. The van der Waals surface area contributed by atoms with Gasteiger partial charge in [0, 0.05) is 18.3 Å². The summed E-state index contributed by atoms with van der Waals surface area (Å²) in [5, 5.41) is 0.262. The van der Waals surface area contributed by atoms with Crippen molar-refractivity contribution in [2.45, 2.75) is 89.8 Å². The fourth-order valence-electron chi connectivity index (χ4n) is 4.06. The van der Waals surface area contributed by atoms with Gasteiger partial charge in [-0.2, -0.15) is 0 Å². The summed E-state index contributed by atoms with van der Waals surface area (Å²) in [4.78, 5) is 0. The topological polar surface area (TPSA) is 27.7 Å². The summed E-state index contributed by atoms with van der Waals surface area (Å²) in [7, 11) is -1.75. The van der Waals surface area contributed by atoms with Crippen LogP contribution in [-0.4, -0.2) is 33.4 Å². The lowest BCUT2D eigenvalue weighted by atomic mass is 9.63. The highest BCUT2D eigenvalue weighted by atomic mass is 28.4. The van der Waals surface area contributed by atoms with Crippen LogP contribution in [0.5, 0.6) is 0 Å². The van der Waals surface area contributed by atoms with Crippen LogP contribution in [0, 0.1) is 5.41 Å². The number of ether oxygens (including phenoxy) is 2. The molecule has 0 bridgehead atoms. The third-order valence-corrected chi connectivity index (χ3v) is 11.3. The van der Waals surface area contributed by atoms with Crippen molar-refractivity contribution in [1.82, 2.24) is 0 Å². The summed E-state index contributed by atoms with van der Waals surface area (Å²) in [6.45, 7) is 15.6. The highest BCUT2D eigenvalue weighted by molar-refractivity contribution is 6.74. The van der Waals surface area contributed by atoms with Crippen LogP contribution >= 0.6 is 0 Å². The Morgan fingerprint density at radius 3 is 2.43 bits per heavy atom. The van der Waals surface area contributed by atoms with E-state index in [0.717, 1.165) is 45.3 Å². The van der Waals surface area contributed by atoms with Crippen LogP contribution in [0.25, 0.3) is 0 Å². The Kier molecular flexibility index (Phi) is 4.36. The lowest BCUT2D eigenvalue weighted by Gasteiger charge is -2.52. The van der Waals surface area contributed by atoms with Crippen LogP contribution in [-0.2, 0) is 13.9 Å². The fraction of sp³-hybridized carbons (Fsp3) is 0.895. The van der Waals surface area contributed by atoms with Gasteiger partial charge in [-0.1, -0.05) is 39.3 Å². The smallest absolute Gasteiger partial charge is 0.192 e. The molecule has 2 aliphatic carbocycles. The zero-order valence-electron chi connectivity index (χ0n) is 15.8. The Bertz CT molecular complexity index is 485. The first-order valence-electron chi connectivity index (χ1n) is 9.23. The van der Waals surface area contributed by atoms with Gasteiger partial charge >= 0.3 is 0 Å². The molecule has 1 saturated heterocycles. The summed E-state index contributed by atoms with van der Waals surface area (Å²) in [5.74, 6) is -0.329. The Balaban J connectivity index is 1.79. The monoisotopic (exact) mass is 338 g/mol. The van der Waals surface area contributed by atoms with Crippen LogP contribution in [0.1, 0.15) is 59.8 Å². The maximum Gasteiger partial charge on any atom is 0.192 e. The molecule has 0 amide bonds.